The summed E-state index contributed by atoms with van der Waals surface area (Å²) in [5, 5.41) is 3.87. The zero-order valence-electron chi connectivity index (χ0n) is 15.2. The van der Waals surface area contributed by atoms with Crippen LogP contribution in [0.3, 0.4) is 0 Å². The summed E-state index contributed by atoms with van der Waals surface area (Å²) in [7, 11) is 0. The molecule has 2 aliphatic rings. The molecule has 2 N–H and O–H groups in total. The SMILES string of the molecule is O=C(NNC(=O)C1CC(c2cccc(F)c2)=NO1)c1cc2c(s1)CCCCC2. The summed E-state index contributed by atoms with van der Waals surface area (Å²) in [5.41, 5.74) is 7.14. The minimum atomic E-state index is -0.862. The van der Waals surface area contributed by atoms with Crippen molar-refractivity contribution < 1.29 is 18.8 Å². The van der Waals surface area contributed by atoms with Gasteiger partial charge in [-0.05, 0) is 49.4 Å². The van der Waals surface area contributed by atoms with Crippen molar-refractivity contribution >= 4 is 28.9 Å². The van der Waals surface area contributed by atoms with Crippen LogP contribution in [-0.2, 0) is 22.5 Å². The van der Waals surface area contributed by atoms with Crippen LogP contribution in [0.25, 0.3) is 0 Å². The number of carbonyl (C=O) groups excluding carboxylic acids is 2. The van der Waals surface area contributed by atoms with Crippen molar-refractivity contribution in [1.29, 1.82) is 0 Å². The molecule has 28 heavy (non-hydrogen) atoms. The van der Waals surface area contributed by atoms with E-state index in [0.717, 1.165) is 25.7 Å². The van der Waals surface area contributed by atoms with Gasteiger partial charge >= 0.3 is 0 Å². The summed E-state index contributed by atoms with van der Waals surface area (Å²) in [6, 6.07) is 7.87. The van der Waals surface area contributed by atoms with Crippen LogP contribution in [-0.4, -0.2) is 23.6 Å². The molecule has 2 amide bonds. The normalized spacial score (nSPS) is 18.5. The smallest absolute Gasteiger partial charge is 0.282 e. The van der Waals surface area contributed by atoms with E-state index >= 15 is 0 Å². The Bertz CT molecular complexity index is 917. The number of nitrogens with one attached hydrogen (secondary N) is 2. The summed E-state index contributed by atoms with van der Waals surface area (Å²) in [4.78, 5) is 31.6. The molecular formula is C20H20FN3O3S. The third-order valence-electron chi connectivity index (χ3n) is 4.89. The van der Waals surface area contributed by atoms with Crippen LogP contribution in [0.4, 0.5) is 4.39 Å². The molecular weight excluding hydrogens is 381 g/mol. The van der Waals surface area contributed by atoms with Crippen LogP contribution in [0.5, 0.6) is 0 Å². The molecule has 6 nitrogen and oxygen atoms in total. The average Bonchev–Trinajstić information content (AvgIpc) is 3.29. The quantitative estimate of drug-likeness (QED) is 0.613. The predicted molar refractivity (Wildman–Crippen MR) is 104 cm³/mol. The topological polar surface area (TPSA) is 79.8 Å². The number of hydrogen-bond acceptors (Lipinski definition) is 5. The average molecular weight is 401 g/mol. The Labute approximate surface area is 165 Å². The Hall–Kier alpha value is -2.74. The van der Waals surface area contributed by atoms with Crippen molar-refractivity contribution in [2.75, 3.05) is 0 Å². The molecule has 4 rings (SSSR count). The predicted octanol–water partition coefficient (Wildman–Crippen LogP) is 3.11. The number of fused-ring (bicyclic) bond motifs is 1. The largest absolute Gasteiger partial charge is 0.382 e. The molecule has 1 atom stereocenters. The first-order valence-electron chi connectivity index (χ1n) is 9.30. The number of amides is 2. The van der Waals surface area contributed by atoms with Crippen LogP contribution in [0, 0.1) is 5.82 Å². The van der Waals surface area contributed by atoms with Gasteiger partial charge in [0.1, 0.15) is 5.82 Å². The number of hydrogen-bond donors (Lipinski definition) is 2. The fourth-order valence-electron chi connectivity index (χ4n) is 3.40. The molecule has 0 saturated heterocycles. The molecule has 0 bridgehead atoms. The Morgan fingerprint density at radius 1 is 1.14 bits per heavy atom. The maximum Gasteiger partial charge on any atom is 0.282 e. The van der Waals surface area contributed by atoms with Crippen molar-refractivity contribution in [2.45, 2.75) is 44.6 Å². The number of halogens is 1. The van der Waals surface area contributed by atoms with Crippen LogP contribution < -0.4 is 10.9 Å². The van der Waals surface area contributed by atoms with Crippen molar-refractivity contribution in [2.24, 2.45) is 5.16 Å². The van der Waals surface area contributed by atoms with Crippen LogP contribution in [0.2, 0.25) is 0 Å². The lowest BCUT2D eigenvalue weighted by atomic mass is 10.0. The van der Waals surface area contributed by atoms with E-state index in [1.54, 1.807) is 12.1 Å². The van der Waals surface area contributed by atoms with E-state index in [1.165, 1.54) is 40.3 Å². The maximum absolute atomic E-state index is 13.3. The summed E-state index contributed by atoms with van der Waals surface area (Å²) in [6.07, 6.45) is 4.88. The molecule has 0 radical (unpaired) electrons. The maximum atomic E-state index is 13.3. The third-order valence-corrected chi connectivity index (χ3v) is 6.12. The lowest BCUT2D eigenvalue weighted by Gasteiger charge is -2.10. The van der Waals surface area contributed by atoms with E-state index in [4.69, 9.17) is 4.84 Å². The van der Waals surface area contributed by atoms with Gasteiger partial charge in [0.2, 0.25) is 6.10 Å². The molecule has 1 unspecified atom stereocenters. The van der Waals surface area contributed by atoms with Crippen molar-refractivity contribution in [3.8, 4) is 0 Å². The second-order valence-corrected chi connectivity index (χ2v) is 8.05. The number of thiophene rings is 1. The Balaban J connectivity index is 1.31. The van der Waals surface area contributed by atoms with Gasteiger partial charge < -0.3 is 4.84 Å². The number of carbonyl (C=O) groups is 2. The minimum absolute atomic E-state index is 0.207. The van der Waals surface area contributed by atoms with Gasteiger partial charge in [0.05, 0.1) is 10.6 Å². The summed E-state index contributed by atoms with van der Waals surface area (Å²) < 4.78 is 13.3. The number of hydrazine groups is 1. The number of aryl methyl sites for hydroxylation is 2. The van der Waals surface area contributed by atoms with Gasteiger partial charge in [0.15, 0.2) is 0 Å². The number of nitrogens with zero attached hydrogens (tertiary/aromatic N) is 1. The molecule has 1 aromatic heterocycles. The van der Waals surface area contributed by atoms with Gasteiger partial charge in [0, 0.05) is 16.9 Å². The highest BCUT2D eigenvalue weighted by Crippen LogP contribution is 2.28. The van der Waals surface area contributed by atoms with Gasteiger partial charge in [-0.15, -0.1) is 11.3 Å². The highest BCUT2D eigenvalue weighted by atomic mass is 32.1. The first-order chi connectivity index (χ1) is 13.6. The third kappa shape index (κ3) is 4.06. The molecule has 0 fully saturated rings. The first kappa shape index (κ1) is 18.6. The first-order valence-corrected chi connectivity index (χ1v) is 10.1. The second kappa shape index (κ2) is 8.10. The van der Waals surface area contributed by atoms with E-state index in [2.05, 4.69) is 16.0 Å². The molecule has 2 heterocycles. The van der Waals surface area contributed by atoms with Crippen molar-refractivity contribution in [1.82, 2.24) is 10.9 Å². The standard InChI is InChI=1S/C20H20FN3O3S/c21-14-7-4-6-12(9-14)15-11-16(27-24-15)19(25)22-23-20(26)18-10-13-5-2-1-3-8-17(13)28-18/h4,6-7,9-10,16H,1-3,5,8,11H2,(H,22,25)(H,23,26). The van der Waals surface area contributed by atoms with Gasteiger partial charge in [-0.2, -0.15) is 0 Å². The Morgan fingerprint density at radius 3 is 2.86 bits per heavy atom. The van der Waals surface area contributed by atoms with Gasteiger partial charge in [-0.25, -0.2) is 4.39 Å². The highest BCUT2D eigenvalue weighted by Gasteiger charge is 2.29. The van der Waals surface area contributed by atoms with Crippen molar-refractivity contribution in [3.63, 3.8) is 0 Å². The Kier molecular flexibility index (Phi) is 5.38. The van der Waals surface area contributed by atoms with Crippen LogP contribution in [0.1, 0.15) is 51.4 Å². The summed E-state index contributed by atoms with van der Waals surface area (Å²) in [5.74, 6) is -1.22. The minimum Gasteiger partial charge on any atom is -0.382 e. The summed E-state index contributed by atoms with van der Waals surface area (Å²) >= 11 is 1.49. The summed E-state index contributed by atoms with van der Waals surface area (Å²) in [6.45, 7) is 0. The van der Waals surface area contributed by atoms with Crippen LogP contribution >= 0.6 is 11.3 Å². The fraction of sp³-hybridized carbons (Fsp3) is 0.350. The molecule has 0 spiro atoms. The van der Waals surface area contributed by atoms with Crippen LogP contribution in [0.15, 0.2) is 35.5 Å². The van der Waals surface area contributed by atoms with Gasteiger partial charge in [-0.1, -0.05) is 23.7 Å². The number of oxime groups is 1. The number of benzene rings is 1. The molecule has 146 valence electrons. The van der Waals surface area contributed by atoms with E-state index < -0.39 is 12.0 Å². The zero-order chi connectivity index (χ0) is 19.5. The number of rotatable bonds is 3. The van der Waals surface area contributed by atoms with E-state index in [9.17, 15) is 14.0 Å². The van der Waals surface area contributed by atoms with Gasteiger partial charge in [0.25, 0.3) is 11.8 Å². The molecule has 8 heteroatoms. The lowest BCUT2D eigenvalue weighted by Crippen LogP contribution is -2.46. The van der Waals surface area contributed by atoms with E-state index in [-0.39, 0.29) is 18.1 Å². The molecule has 0 saturated carbocycles. The Morgan fingerprint density at radius 2 is 2.00 bits per heavy atom. The lowest BCUT2D eigenvalue weighted by molar-refractivity contribution is -0.131. The highest BCUT2D eigenvalue weighted by molar-refractivity contribution is 7.14. The van der Waals surface area contributed by atoms with Crippen molar-refractivity contribution in [3.05, 3.63) is 57.0 Å². The molecule has 1 aromatic carbocycles. The monoisotopic (exact) mass is 401 g/mol. The fourth-order valence-corrected chi connectivity index (χ4v) is 4.55. The van der Waals surface area contributed by atoms with Gasteiger partial charge in [-0.3, -0.25) is 20.4 Å². The second-order valence-electron chi connectivity index (χ2n) is 6.91. The molecule has 1 aliphatic heterocycles. The van der Waals surface area contributed by atoms with E-state index in [0.29, 0.717) is 16.2 Å². The van der Waals surface area contributed by atoms with E-state index in [1.807, 2.05) is 6.07 Å². The molecule has 1 aliphatic carbocycles. The zero-order valence-corrected chi connectivity index (χ0v) is 16.0. The molecule has 2 aromatic rings.